The summed E-state index contributed by atoms with van der Waals surface area (Å²) in [4.78, 5) is 3.09. The van der Waals surface area contributed by atoms with Gasteiger partial charge in [0, 0.05) is 6.04 Å². The normalized spacial score (nSPS) is 13.4. The quantitative estimate of drug-likeness (QED) is 0.786. The number of hydrogen-bond donors (Lipinski definition) is 1. The van der Waals surface area contributed by atoms with Crippen LogP contribution in [0.15, 0.2) is 18.2 Å². The summed E-state index contributed by atoms with van der Waals surface area (Å²) >= 11 is 5.37. The van der Waals surface area contributed by atoms with Crippen LogP contribution < -0.4 is 0 Å². The Morgan fingerprint density at radius 3 is 2.61 bits per heavy atom. The molecule has 0 spiro atoms. The largest absolute Gasteiger partial charge is 0.330 e. The molecule has 0 amide bonds. The zero-order chi connectivity index (χ0) is 13.3. The lowest BCUT2D eigenvalue weighted by Gasteiger charge is -2.23. The number of imidazole rings is 1. The minimum atomic E-state index is -0.235. The molecule has 0 radical (unpaired) electrons. The van der Waals surface area contributed by atoms with E-state index in [1.54, 1.807) is 6.07 Å². The second-order valence-electron chi connectivity index (χ2n) is 4.78. The zero-order valence-corrected chi connectivity index (χ0v) is 11.9. The molecule has 4 heteroatoms. The van der Waals surface area contributed by atoms with Crippen molar-refractivity contribution in [1.29, 1.82) is 0 Å². The predicted octanol–water partition coefficient (Wildman–Crippen LogP) is 4.84. The summed E-state index contributed by atoms with van der Waals surface area (Å²) < 4.78 is 16.0. The number of fused-ring (bicyclic) bond motifs is 1. The molecule has 0 fully saturated rings. The summed E-state index contributed by atoms with van der Waals surface area (Å²) in [6.07, 6.45) is 2.24. The Hall–Kier alpha value is -1.16. The SMILES string of the molecule is CCC(CC)C(C)n1c(=S)[nH]c2cc(F)ccc21. The van der Waals surface area contributed by atoms with E-state index in [4.69, 9.17) is 12.2 Å². The highest BCUT2D eigenvalue weighted by molar-refractivity contribution is 7.71. The lowest BCUT2D eigenvalue weighted by molar-refractivity contribution is 0.337. The van der Waals surface area contributed by atoms with E-state index >= 15 is 0 Å². The molecule has 2 nitrogen and oxygen atoms in total. The number of nitrogens with one attached hydrogen (secondary N) is 1. The molecule has 1 heterocycles. The predicted molar refractivity (Wildman–Crippen MR) is 75.9 cm³/mol. The van der Waals surface area contributed by atoms with Gasteiger partial charge in [-0.25, -0.2) is 4.39 Å². The molecule has 0 bridgehead atoms. The van der Waals surface area contributed by atoms with Crippen LogP contribution in [-0.4, -0.2) is 9.55 Å². The second-order valence-corrected chi connectivity index (χ2v) is 5.17. The van der Waals surface area contributed by atoms with Crippen molar-refractivity contribution in [2.24, 2.45) is 5.92 Å². The summed E-state index contributed by atoms with van der Waals surface area (Å²) in [5.41, 5.74) is 1.76. The third-order valence-corrected chi connectivity index (χ3v) is 4.12. The molecule has 1 aromatic carbocycles. The van der Waals surface area contributed by atoms with E-state index in [2.05, 4.69) is 30.3 Å². The zero-order valence-electron chi connectivity index (χ0n) is 11.0. The van der Waals surface area contributed by atoms with E-state index in [0.717, 1.165) is 23.9 Å². The van der Waals surface area contributed by atoms with Gasteiger partial charge in [-0.15, -0.1) is 0 Å². The first-order chi connectivity index (χ1) is 8.58. The minimum Gasteiger partial charge on any atom is -0.330 e. The Morgan fingerprint density at radius 1 is 1.33 bits per heavy atom. The lowest BCUT2D eigenvalue weighted by Crippen LogP contribution is -2.15. The highest BCUT2D eigenvalue weighted by Gasteiger charge is 2.18. The molecule has 2 rings (SSSR count). The Bertz CT molecular complexity index is 595. The monoisotopic (exact) mass is 266 g/mol. The van der Waals surface area contributed by atoms with Gasteiger partial charge in [-0.3, -0.25) is 0 Å². The van der Waals surface area contributed by atoms with Crippen LogP contribution in [-0.2, 0) is 0 Å². The van der Waals surface area contributed by atoms with E-state index in [-0.39, 0.29) is 5.82 Å². The Morgan fingerprint density at radius 2 is 2.00 bits per heavy atom. The molecule has 1 atom stereocenters. The van der Waals surface area contributed by atoms with E-state index in [9.17, 15) is 4.39 Å². The Labute approximate surface area is 112 Å². The third kappa shape index (κ3) is 2.21. The molecule has 0 aliphatic rings. The van der Waals surface area contributed by atoms with Crippen LogP contribution >= 0.6 is 12.2 Å². The summed E-state index contributed by atoms with van der Waals surface area (Å²) in [7, 11) is 0. The first-order valence-electron chi connectivity index (χ1n) is 6.48. The first kappa shape index (κ1) is 13.3. The van der Waals surface area contributed by atoms with Crippen LogP contribution in [0.2, 0.25) is 0 Å². The van der Waals surface area contributed by atoms with Crippen molar-refractivity contribution in [3.05, 3.63) is 28.8 Å². The fraction of sp³-hybridized carbons (Fsp3) is 0.500. The van der Waals surface area contributed by atoms with Gasteiger partial charge in [0.05, 0.1) is 11.0 Å². The lowest BCUT2D eigenvalue weighted by atomic mass is 9.95. The number of nitrogens with zero attached hydrogens (tertiary/aromatic N) is 1. The highest BCUT2D eigenvalue weighted by Crippen LogP contribution is 2.28. The number of rotatable bonds is 4. The van der Waals surface area contributed by atoms with E-state index in [0.29, 0.717) is 16.7 Å². The summed E-state index contributed by atoms with van der Waals surface area (Å²) in [5.74, 6) is 0.349. The van der Waals surface area contributed by atoms with Crippen LogP contribution in [0.3, 0.4) is 0 Å². The fourth-order valence-corrected chi connectivity index (χ4v) is 3.06. The summed E-state index contributed by atoms with van der Waals surface area (Å²) in [6.45, 7) is 6.58. The van der Waals surface area contributed by atoms with Gasteiger partial charge in [0.2, 0.25) is 0 Å². The van der Waals surface area contributed by atoms with Crippen LogP contribution in [0, 0.1) is 16.5 Å². The molecule has 0 saturated heterocycles. The molecule has 0 aliphatic carbocycles. The molecular weight excluding hydrogens is 247 g/mol. The van der Waals surface area contributed by atoms with Crippen molar-refractivity contribution >= 4 is 23.3 Å². The van der Waals surface area contributed by atoms with Crippen LogP contribution in [0.4, 0.5) is 4.39 Å². The molecule has 2 aromatic rings. The molecule has 0 aliphatic heterocycles. The maximum Gasteiger partial charge on any atom is 0.178 e. The van der Waals surface area contributed by atoms with Gasteiger partial charge < -0.3 is 9.55 Å². The number of benzene rings is 1. The van der Waals surface area contributed by atoms with E-state index in [1.165, 1.54) is 12.1 Å². The van der Waals surface area contributed by atoms with Gasteiger partial charge >= 0.3 is 0 Å². The first-order valence-corrected chi connectivity index (χ1v) is 6.89. The van der Waals surface area contributed by atoms with Gasteiger partial charge in [0.1, 0.15) is 5.82 Å². The molecule has 1 N–H and O–H groups in total. The number of hydrogen-bond acceptors (Lipinski definition) is 1. The fourth-order valence-electron chi connectivity index (χ4n) is 2.69. The minimum absolute atomic E-state index is 0.235. The number of H-pyrrole nitrogens is 1. The topological polar surface area (TPSA) is 20.7 Å². The maximum absolute atomic E-state index is 13.2. The number of aromatic amines is 1. The van der Waals surface area contributed by atoms with Crippen molar-refractivity contribution in [1.82, 2.24) is 9.55 Å². The van der Waals surface area contributed by atoms with E-state index < -0.39 is 0 Å². The Kier molecular flexibility index (Phi) is 3.85. The van der Waals surface area contributed by atoms with Crippen LogP contribution in [0.1, 0.15) is 39.7 Å². The highest BCUT2D eigenvalue weighted by atomic mass is 32.1. The average molecular weight is 266 g/mol. The maximum atomic E-state index is 13.2. The standard InChI is InChI=1S/C14H19FN2S/c1-4-10(5-2)9(3)17-13-7-6-11(15)8-12(13)16-14(17)18/h6-10H,4-5H2,1-3H3,(H,16,18). The van der Waals surface area contributed by atoms with Crippen molar-refractivity contribution in [3.63, 3.8) is 0 Å². The molecule has 98 valence electrons. The summed E-state index contributed by atoms with van der Waals surface area (Å²) in [6, 6.07) is 5.12. The van der Waals surface area contributed by atoms with Crippen molar-refractivity contribution in [2.45, 2.75) is 39.7 Å². The van der Waals surface area contributed by atoms with Crippen LogP contribution in [0.5, 0.6) is 0 Å². The van der Waals surface area contributed by atoms with Crippen molar-refractivity contribution in [3.8, 4) is 0 Å². The Balaban J connectivity index is 2.56. The molecule has 1 unspecified atom stereocenters. The molecular formula is C14H19FN2S. The summed E-state index contributed by atoms with van der Waals surface area (Å²) in [5, 5.41) is 0. The van der Waals surface area contributed by atoms with Gasteiger partial charge in [-0.2, -0.15) is 0 Å². The van der Waals surface area contributed by atoms with Crippen molar-refractivity contribution < 1.29 is 4.39 Å². The average Bonchev–Trinajstić information content (AvgIpc) is 2.65. The molecule has 1 aromatic heterocycles. The van der Waals surface area contributed by atoms with Gasteiger partial charge in [0.25, 0.3) is 0 Å². The second kappa shape index (κ2) is 5.22. The number of halogens is 1. The molecule has 0 saturated carbocycles. The van der Waals surface area contributed by atoms with Crippen LogP contribution in [0.25, 0.3) is 11.0 Å². The smallest absolute Gasteiger partial charge is 0.178 e. The third-order valence-electron chi connectivity index (χ3n) is 3.82. The van der Waals surface area contributed by atoms with Gasteiger partial charge in [-0.05, 0) is 43.3 Å². The van der Waals surface area contributed by atoms with Crippen molar-refractivity contribution in [2.75, 3.05) is 0 Å². The van der Waals surface area contributed by atoms with Gasteiger partial charge in [0.15, 0.2) is 4.77 Å². The molecule has 18 heavy (non-hydrogen) atoms. The number of aromatic nitrogens is 2. The van der Waals surface area contributed by atoms with Gasteiger partial charge in [-0.1, -0.05) is 26.7 Å². The van der Waals surface area contributed by atoms with E-state index in [1.807, 2.05) is 0 Å².